The number of hydrogen-bond donors (Lipinski definition) is 3. The van der Waals surface area contributed by atoms with Crippen molar-refractivity contribution in [2.45, 2.75) is 97.9 Å². The number of hydrogen-bond acceptors (Lipinski definition) is 5. The molecule has 40 heavy (non-hydrogen) atoms. The van der Waals surface area contributed by atoms with E-state index >= 15 is 0 Å². The SMILES string of the molecule is Cc1cccc(C(C(=O)Nc2c(C)cccc2C)N(C(=O)C(CC(N)=O)NC(=O)OC(C)(C)C)C2CCC2)c1C. The second-order valence-corrected chi connectivity index (χ2v) is 11.6. The van der Waals surface area contributed by atoms with Crippen molar-refractivity contribution in [3.63, 3.8) is 0 Å². The van der Waals surface area contributed by atoms with Crippen LogP contribution in [-0.2, 0) is 19.1 Å². The van der Waals surface area contributed by atoms with Crippen LogP contribution in [0.5, 0.6) is 0 Å². The Morgan fingerprint density at radius 3 is 2.08 bits per heavy atom. The van der Waals surface area contributed by atoms with E-state index in [1.54, 1.807) is 25.7 Å². The Bertz CT molecular complexity index is 1260. The average molecular weight is 551 g/mol. The molecule has 2 aromatic rings. The maximum Gasteiger partial charge on any atom is 0.408 e. The fourth-order valence-electron chi connectivity index (χ4n) is 4.90. The Morgan fingerprint density at radius 2 is 1.55 bits per heavy atom. The van der Waals surface area contributed by atoms with Crippen molar-refractivity contribution in [2.24, 2.45) is 5.73 Å². The highest BCUT2D eigenvalue weighted by atomic mass is 16.6. The second-order valence-electron chi connectivity index (χ2n) is 11.6. The van der Waals surface area contributed by atoms with Crippen LogP contribution < -0.4 is 16.4 Å². The van der Waals surface area contributed by atoms with E-state index in [2.05, 4.69) is 10.6 Å². The van der Waals surface area contributed by atoms with Gasteiger partial charge in [0, 0.05) is 11.7 Å². The van der Waals surface area contributed by atoms with Crippen molar-refractivity contribution in [3.8, 4) is 0 Å². The molecule has 2 unspecified atom stereocenters. The second kappa shape index (κ2) is 12.5. The average Bonchev–Trinajstić information content (AvgIpc) is 2.80. The molecule has 9 heteroatoms. The summed E-state index contributed by atoms with van der Waals surface area (Å²) in [5, 5.41) is 5.62. The molecule has 0 radical (unpaired) electrons. The number of alkyl carbamates (subject to hydrolysis) is 1. The molecule has 0 bridgehead atoms. The number of nitrogens with one attached hydrogen (secondary N) is 2. The molecule has 4 amide bonds. The maximum absolute atomic E-state index is 14.3. The van der Waals surface area contributed by atoms with Crippen molar-refractivity contribution in [1.29, 1.82) is 0 Å². The van der Waals surface area contributed by atoms with E-state index in [0.29, 0.717) is 24.1 Å². The summed E-state index contributed by atoms with van der Waals surface area (Å²) in [6, 6.07) is 8.85. The zero-order valence-electron chi connectivity index (χ0n) is 24.6. The lowest BCUT2D eigenvalue weighted by molar-refractivity contribution is -0.146. The first-order chi connectivity index (χ1) is 18.7. The summed E-state index contributed by atoms with van der Waals surface area (Å²) < 4.78 is 5.36. The van der Waals surface area contributed by atoms with E-state index in [1.807, 2.05) is 64.1 Å². The monoisotopic (exact) mass is 550 g/mol. The van der Waals surface area contributed by atoms with Gasteiger partial charge in [-0.3, -0.25) is 14.4 Å². The third kappa shape index (κ3) is 7.40. The summed E-state index contributed by atoms with van der Waals surface area (Å²) >= 11 is 0. The largest absolute Gasteiger partial charge is 0.444 e. The number of amides is 4. The third-order valence-corrected chi connectivity index (χ3v) is 7.31. The molecule has 2 atom stereocenters. The first-order valence-corrected chi connectivity index (χ1v) is 13.7. The summed E-state index contributed by atoms with van der Waals surface area (Å²) in [5.74, 6) is -1.69. The molecule has 0 aliphatic heterocycles. The van der Waals surface area contributed by atoms with Gasteiger partial charge in [0.25, 0.3) is 5.91 Å². The van der Waals surface area contributed by atoms with E-state index in [9.17, 15) is 19.2 Å². The Kier molecular flexibility index (Phi) is 9.60. The molecule has 1 saturated carbocycles. The van der Waals surface area contributed by atoms with Crippen LogP contribution in [0.15, 0.2) is 36.4 Å². The van der Waals surface area contributed by atoms with Gasteiger partial charge in [-0.05, 0) is 95.5 Å². The Morgan fingerprint density at radius 1 is 0.975 bits per heavy atom. The van der Waals surface area contributed by atoms with Crippen molar-refractivity contribution in [3.05, 3.63) is 64.2 Å². The van der Waals surface area contributed by atoms with Crippen molar-refractivity contribution >= 4 is 29.5 Å². The summed E-state index contributed by atoms with van der Waals surface area (Å²) in [7, 11) is 0. The fourth-order valence-corrected chi connectivity index (χ4v) is 4.90. The summed E-state index contributed by atoms with van der Waals surface area (Å²) in [6.45, 7) is 12.8. The number of anilines is 1. The number of para-hydroxylation sites is 1. The van der Waals surface area contributed by atoms with E-state index in [-0.39, 0.29) is 11.9 Å². The van der Waals surface area contributed by atoms with Crippen molar-refractivity contribution < 1.29 is 23.9 Å². The Balaban J connectivity index is 2.11. The minimum atomic E-state index is -1.30. The van der Waals surface area contributed by atoms with E-state index < -0.39 is 42.0 Å². The summed E-state index contributed by atoms with van der Waals surface area (Å²) in [6.07, 6.45) is 1.01. The van der Waals surface area contributed by atoms with Gasteiger partial charge in [0.2, 0.25) is 11.8 Å². The Hall–Kier alpha value is -3.88. The zero-order valence-corrected chi connectivity index (χ0v) is 24.6. The van der Waals surface area contributed by atoms with Gasteiger partial charge in [-0.2, -0.15) is 0 Å². The quantitative estimate of drug-likeness (QED) is 0.415. The summed E-state index contributed by atoms with van der Waals surface area (Å²) in [4.78, 5) is 54.8. The van der Waals surface area contributed by atoms with Crippen LogP contribution in [0.3, 0.4) is 0 Å². The zero-order chi connectivity index (χ0) is 29.8. The first kappa shape index (κ1) is 30.7. The molecule has 216 valence electrons. The van der Waals surface area contributed by atoms with Crippen LogP contribution in [0, 0.1) is 27.7 Å². The van der Waals surface area contributed by atoms with Gasteiger partial charge in [0.05, 0.1) is 6.42 Å². The number of carbonyl (C=O) groups excluding carboxylic acids is 4. The van der Waals surface area contributed by atoms with Gasteiger partial charge in [-0.25, -0.2) is 4.79 Å². The lowest BCUT2D eigenvalue weighted by Gasteiger charge is -2.44. The topological polar surface area (TPSA) is 131 Å². The number of nitrogens with two attached hydrogens (primary N) is 1. The predicted molar refractivity (Wildman–Crippen MR) is 155 cm³/mol. The van der Waals surface area contributed by atoms with Crippen LogP contribution in [0.2, 0.25) is 0 Å². The molecule has 0 heterocycles. The van der Waals surface area contributed by atoms with Gasteiger partial charge < -0.3 is 26.0 Å². The molecule has 0 spiro atoms. The highest BCUT2D eigenvalue weighted by Crippen LogP contribution is 2.36. The van der Waals surface area contributed by atoms with Gasteiger partial charge in [-0.15, -0.1) is 0 Å². The van der Waals surface area contributed by atoms with Crippen molar-refractivity contribution in [1.82, 2.24) is 10.2 Å². The molecule has 0 saturated heterocycles. The molecule has 0 aromatic heterocycles. The number of aryl methyl sites for hydroxylation is 3. The standard InChI is InChI=1S/C31H42N4O5/c1-18-11-9-16-23(21(18)4)27(28(37)34-26-19(2)12-8-13-20(26)3)35(22-14-10-15-22)29(38)24(17-25(32)36)33-30(39)40-31(5,6)7/h8-9,11-13,16,22,24,27H,10,14-15,17H2,1-7H3,(H2,32,36)(H,33,39)(H,34,37). The van der Waals surface area contributed by atoms with Gasteiger partial charge >= 0.3 is 6.09 Å². The summed E-state index contributed by atoms with van der Waals surface area (Å²) in [5.41, 5.74) is 9.70. The minimum Gasteiger partial charge on any atom is -0.444 e. The van der Waals surface area contributed by atoms with Gasteiger partial charge in [0.15, 0.2) is 0 Å². The van der Waals surface area contributed by atoms with Crippen molar-refractivity contribution in [2.75, 3.05) is 5.32 Å². The van der Waals surface area contributed by atoms with E-state index in [4.69, 9.17) is 10.5 Å². The first-order valence-electron chi connectivity index (χ1n) is 13.7. The smallest absolute Gasteiger partial charge is 0.408 e. The lowest BCUT2D eigenvalue weighted by atomic mass is 9.86. The molecule has 3 rings (SSSR count). The van der Waals surface area contributed by atoms with Crippen LogP contribution in [0.1, 0.15) is 80.3 Å². The van der Waals surface area contributed by atoms with Crippen LogP contribution in [0.25, 0.3) is 0 Å². The minimum absolute atomic E-state index is 0.253. The molecular weight excluding hydrogens is 508 g/mol. The van der Waals surface area contributed by atoms with Crippen LogP contribution >= 0.6 is 0 Å². The number of nitrogens with zero attached hydrogens (tertiary/aromatic N) is 1. The number of carbonyl (C=O) groups is 4. The molecule has 1 aliphatic rings. The van der Waals surface area contributed by atoms with Gasteiger partial charge in [0.1, 0.15) is 17.7 Å². The lowest BCUT2D eigenvalue weighted by Crippen LogP contribution is -2.57. The maximum atomic E-state index is 14.3. The number of benzene rings is 2. The third-order valence-electron chi connectivity index (χ3n) is 7.31. The Labute approximate surface area is 236 Å². The number of primary amides is 1. The number of ether oxygens (including phenoxy) is 1. The van der Waals surface area contributed by atoms with E-state index in [1.165, 1.54) is 0 Å². The normalized spacial score (nSPS) is 14.9. The molecule has 2 aromatic carbocycles. The molecular formula is C31H42N4O5. The predicted octanol–water partition coefficient (Wildman–Crippen LogP) is 4.75. The molecule has 4 N–H and O–H groups in total. The van der Waals surface area contributed by atoms with Crippen LogP contribution in [-0.4, -0.2) is 46.4 Å². The molecule has 1 fully saturated rings. The highest BCUT2D eigenvalue weighted by Gasteiger charge is 2.43. The molecule has 1 aliphatic carbocycles. The van der Waals surface area contributed by atoms with Crippen LogP contribution in [0.4, 0.5) is 10.5 Å². The molecule has 9 nitrogen and oxygen atoms in total. The highest BCUT2D eigenvalue weighted by molar-refractivity contribution is 6.01. The van der Waals surface area contributed by atoms with E-state index in [0.717, 1.165) is 28.7 Å². The van der Waals surface area contributed by atoms with Gasteiger partial charge in [-0.1, -0.05) is 36.4 Å². The fraction of sp³-hybridized carbons (Fsp3) is 0.484. The number of rotatable bonds is 9.